The summed E-state index contributed by atoms with van der Waals surface area (Å²) in [5.41, 5.74) is 6.96. The molecule has 1 aliphatic rings. The van der Waals surface area contributed by atoms with Gasteiger partial charge in [-0.15, -0.1) is 0 Å². The number of fused-ring (bicyclic) bond motifs is 1. The summed E-state index contributed by atoms with van der Waals surface area (Å²) in [5, 5.41) is 6.32. The minimum atomic E-state index is -0.164. The number of hydrogen-bond acceptors (Lipinski definition) is 4. The zero-order chi connectivity index (χ0) is 22.8. The van der Waals surface area contributed by atoms with Crippen molar-refractivity contribution in [3.63, 3.8) is 0 Å². The van der Waals surface area contributed by atoms with Gasteiger partial charge in [0.05, 0.1) is 19.2 Å². The van der Waals surface area contributed by atoms with Crippen molar-refractivity contribution in [3.05, 3.63) is 96.3 Å². The Morgan fingerprint density at radius 1 is 1.06 bits per heavy atom. The minimum Gasteiger partial charge on any atom is -0.497 e. The molecule has 1 amide bonds. The van der Waals surface area contributed by atoms with E-state index in [1.54, 1.807) is 19.5 Å². The van der Waals surface area contributed by atoms with Crippen molar-refractivity contribution >= 4 is 22.9 Å². The molecule has 0 bridgehead atoms. The number of aromatic nitrogens is 1. The van der Waals surface area contributed by atoms with Crippen molar-refractivity contribution in [2.24, 2.45) is 11.0 Å². The Morgan fingerprint density at radius 3 is 2.52 bits per heavy atom. The predicted molar refractivity (Wildman–Crippen MR) is 131 cm³/mol. The lowest BCUT2D eigenvalue weighted by Gasteiger charge is -2.12. The number of nitrogens with zero attached hydrogens (tertiary/aromatic N) is 2. The van der Waals surface area contributed by atoms with Crippen LogP contribution in [0.1, 0.15) is 24.5 Å². The molecule has 4 aromatic rings. The molecule has 3 aromatic carbocycles. The summed E-state index contributed by atoms with van der Waals surface area (Å²) in [6.45, 7) is 2.14. The fourth-order valence-electron chi connectivity index (χ4n) is 4.40. The van der Waals surface area contributed by atoms with Crippen LogP contribution < -0.4 is 10.2 Å². The molecule has 5 rings (SSSR count). The molecular formula is C28H25N3O2. The van der Waals surface area contributed by atoms with Gasteiger partial charge in [-0.05, 0) is 46.7 Å². The van der Waals surface area contributed by atoms with E-state index in [2.05, 4.69) is 46.7 Å². The monoisotopic (exact) mass is 435 g/mol. The number of hydrogen-bond donors (Lipinski definition) is 1. The summed E-state index contributed by atoms with van der Waals surface area (Å²) < 4.78 is 5.23. The van der Waals surface area contributed by atoms with Crippen LogP contribution in [0.3, 0.4) is 0 Å². The Hall–Kier alpha value is -3.99. The molecule has 2 unspecified atom stereocenters. The number of pyridine rings is 1. The highest BCUT2D eigenvalue weighted by atomic mass is 16.5. The zero-order valence-electron chi connectivity index (χ0n) is 18.7. The molecule has 2 atom stereocenters. The van der Waals surface area contributed by atoms with Crippen molar-refractivity contribution in [2.75, 3.05) is 7.11 Å². The van der Waals surface area contributed by atoms with Crippen LogP contribution >= 0.6 is 0 Å². The molecule has 1 saturated carbocycles. The lowest BCUT2D eigenvalue weighted by atomic mass is 9.93. The number of hydrazone groups is 1. The van der Waals surface area contributed by atoms with E-state index < -0.39 is 0 Å². The summed E-state index contributed by atoms with van der Waals surface area (Å²) in [6, 6.07) is 24.4. The van der Waals surface area contributed by atoms with Crippen LogP contribution in [-0.4, -0.2) is 24.2 Å². The SMILES string of the molecule is COc1ccc(-c2ccc(C3(C)CC3C(=O)N/N=C/c3cccc4cnccc34)cc2)cc1. The molecule has 0 saturated heterocycles. The van der Waals surface area contributed by atoms with Gasteiger partial charge in [-0.3, -0.25) is 9.78 Å². The molecule has 33 heavy (non-hydrogen) atoms. The van der Waals surface area contributed by atoms with Crippen molar-refractivity contribution in [1.82, 2.24) is 10.4 Å². The number of ether oxygens (including phenoxy) is 1. The molecule has 1 N–H and O–H groups in total. The smallest absolute Gasteiger partial charge is 0.244 e. The highest BCUT2D eigenvalue weighted by Gasteiger charge is 2.55. The van der Waals surface area contributed by atoms with E-state index in [-0.39, 0.29) is 17.2 Å². The quantitative estimate of drug-likeness (QED) is 0.329. The fourth-order valence-corrected chi connectivity index (χ4v) is 4.40. The van der Waals surface area contributed by atoms with Crippen LogP contribution in [0.5, 0.6) is 5.75 Å². The van der Waals surface area contributed by atoms with Crippen LogP contribution in [-0.2, 0) is 10.2 Å². The topological polar surface area (TPSA) is 63.6 Å². The van der Waals surface area contributed by atoms with Gasteiger partial charge in [0.25, 0.3) is 0 Å². The van der Waals surface area contributed by atoms with Gasteiger partial charge in [-0.25, -0.2) is 5.43 Å². The molecule has 1 aromatic heterocycles. The highest BCUT2D eigenvalue weighted by Crippen LogP contribution is 2.54. The lowest BCUT2D eigenvalue weighted by Crippen LogP contribution is -2.23. The van der Waals surface area contributed by atoms with Crippen molar-refractivity contribution in [3.8, 4) is 16.9 Å². The van der Waals surface area contributed by atoms with E-state index in [9.17, 15) is 4.79 Å². The second kappa shape index (κ2) is 8.51. The molecule has 1 heterocycles. The van der Waals surface area contributed by atoms with E-state index in [1.165, 1.54) is 5.56 Å². The Morgan fingerprint density at radius 2 is 1.79 bits per heavy atom. The third-order valence-corrected chi connectivity index (χ3v) is 6.61. The second-order valence-electron chi connectivity index (χ2n) is 8.66. The van der Waals surface area contributed by atoms with E-state index in [4.69, 9.17) is 4.74 Å². The van der Waals surface area contributed by atoms with Gasteiger partial charge in [-0.1, -0.05) is 61.5 Å². The van der Waals surface area contributed by atoms with Crippen molar-refractivity contribution < 1.29 is 9.53 Å². The standard InChI is InChI=1S/C28H25N3O2/c1-28(23-10-6-19(7-11-23)20-8-12-24(33-2)13-9-20)16-26(28)27(32)31-30-18-22-5-3-4-21-17-29-15-14-25(21)22/h3-15,17-18,26H,16H2,1-2H3,(H,31,32)/b30-18+. The average molecular weight is 436 g/mol. The number of rotatable bonds is 6. The van der Waals surface area contributed by atoms with E-state index in [0.717, 1.165) is 39.6 Å². The first-order valence-corrected chi connectivity index (χ1v) is 11.0. The molecule has 1 fully saturated rings. The number of benzene rings is 3. The van der Waals surface area contributed by atoms with Crippen LogP contribution in [0.4, 0.5) is 0 Å². The van der Waals surface area contributed by atoms with Gasteiger partial charge in [0.15, 0.2) is 0 Å². The summed E-state index contributed by atoms with van der Waals surface area (Å²) in [7, 11) is 1.67. The number of nitrogens with one attached hydrogen (secondary N) is 1. The van der Waals surface area contributed by atoms with E-state index in [1.807, 2.05) is 54.7 Å². The van der Waals surface area contributed by atoms with Crippen molar-refractivity contribution in [2.45, 2.75) is 18.8 Å². The first-order valence-electron chi connectivity index (χ1n) is 11.0. The van der Waals surface area contributed by atoms with Gasteiger partial charge in [0, 0.05) is 28.8 Å². The highest BCUT2D eigenvalue weighted by molar-refractivity contribution is 5.99. The van der Waals surface area contributed by atoms with Gasteiger partial charge in [-0.2, -0.15) is 5.10 Å². The molecule has 0 radical (unpaired) electrons. The molecule has 5 nitrogen and oxygen atoms in total. The normalized spacial score (nSPS) is 19.5. The molecule has 5 heteroatoms. The number of carbonyl (C=O) groups excluding carboxylic acids is 1. The van der Waals surface area contributed by atoms with Gasteiger partial charge in [0.1, 0.15) is 5.75 Å². The van der Waals surface area contributed by atoms with Crippen LogP contribution in [0, 0.1) is 5.92 Å². The third kappa shape index (κ3) is 4.10. The maximum atomic E-state index is 12.8. The first-order chi connectivity index (χ1) is 16.1. The summed E-state index contributed by atoms with van der Waals surface area (Å²) in [6.07, 6.45) is 6.09. The molecule has 1 aliphatic carbocycles. The number of methoxy groups -OCH3 is 1. The summed E-state index contributed by atoms with van der Waals surface area (Å²) in [4.78, 5) is 16.9. The van der Waals surface area contributed by atoms with Crippen molar-refractivity contribution in [1.29, 1.82) is 0 Å². The maximum Gasteiger partial charge on any atom is 0.244 e. The molecule has 0 spiro atoms. The zero-order valence-corrected chi connectivity index (χ0v) is 18.7. The van der Waals surface area contributed by atoms with Gasteiger partial charge < -0.3 is 4.74 Å². The van der Waals surface area contributed by atoms with Crippen LogP contribution in [0.15, 0.2) is 90.3 Å². The second-order valence-corrected chi connectivity index (χ2v) is 8.66. The summed E-state index contributed by atoms with van der Waals surface area (Å²) >= 11 is 0. The van der Waals surface area contributed by atoms with Gasteiger partial charge >= 0.3 is 0 Å². The maximum absolute atomic E-state index is 12.8. The van der Waals surface area contributed by atoms with Crippen LogP contribution in [0.2, 0.25) is 0 Å². The largest absolute Gasteiger partial charge is 0.497 e. The summed E-state index contributed by atoms with van der Waals surface area (Å²) in [5.74, 6) is 0.711. The molecule has 164 valence electrons. The Balaban J connectivity index is 1.24. The number of carbonyl (C=O) groups is 1. The van der Waals surface area contributed by atoms with E-state index >= 15 is 0 Å². The Labute approximate surface area is 193 Å². The van der Waals surface area contributed by atoms with Gasteiger partial charge in [0.2, 0.25) is 5.91 Å². The lowest BCUT2D eigenvalue weighted by molar-refractivity contribution is -0.122. The third-order valence-electron chi connectivity index (χ3n) is 6.61. The van der Waals surface area contributed by atoms with Crippen LogP contribution in [0.25, 0.3) is 21.9 Å². The fraction of sp³-hybridized carbons (Fsp3) is 0.179. The predicted octanol–water partition coefficient (Wildman–Crippen LogP) is 5.34. The Bertz CT molecular complexity index is 1320. The number of amides is 1. The molecule has 0 aliphatic heterocycles. The molecular weight excluding hydrogens is 410 g/mol. The first kappa shape index (κ1) is 20.9. The minimum absolute atomic E-state index is 0.0464. The average Bonchev–Trinajstić information content (AvgIpc) is 3.57. The van der Waals surface area contributed by atoms with E-state index in [0.29, 0.717) is 0 Å². The Kier molecular flexibility index (Phi) is 5.38.